The molecule has 1 aliphatic carbocycles. The second-order valence-corrected chi connectivity index (χ2v) is 5.96. The minimum absolute atomic E-state index is 0.0254. The van der Waals surface area contributed by atoms with Crippen molar-refractivity contribution in [2.45, 2.75) is 25.8 Å². The van der Waals surface area contributed by atoms with Crippen molar-refractivity contribution in [2.24, 2.45) is 17.3 Å². The first-order valence-electron chi connectivity index (χ1n) is 6.80. The molecule has 0 radical (unpaired) electrons. The zero-order chi connectivity index (χ0) is 14.5. The van der Waals surface area contributed by atoms with Crippen LogP contribution in [0.25, 0.3) is 0 Å². The Hall–Kier alpha value is -1.69. The van der Waals surface area contributed by atoms with Crippen molar-refractivity contribution in [1.29, 1.82) is 0 Å². The Morgan fingerprint density at radius 1 is 1.30 bits per heavy atom. The number of hydrogen-bond donors (Lipinski definition) is 1. The number of carbonyl (C=O) groups excluding carboxylic acids is 2. The van der Waals surface area contributed by atoms with Crippen LogP contribution in [0.15, 0.2) is 12.2 Å². The van der Waals surface area contributed by atoms with Crippen LogP contribution in [0.1, 0.15) is 19.8 Å². The molecule has 0 saturated carbocycles. The van der Waals surface area contributed by atoms with Gasteiger partial charge in [-0.1, -0.05) is 12.2 Å². The Morgan fingerprint density at radius 2 is 1.85 bits per heavy atom. The van der Waals surface area contributed by atoms with Gasteiger partial charge in [0.1, 0.15) is 5.41 Å². The third-order valence-corrected chi connectivity index (χ3v) is 4.75. The third-order valence-electron chi connectivity index (χ3n) is 4.75. The van der Waals surface area contributed by atoms with Crippen LogP contribution in [0.4, 0.5) is 0 Å². The van der Waals surface area contributed by atoms with E-state index in [1.165, 1.54) is 11.8 Å². The molecule has 3 aliphatic rings. The van der Waals surface area contributed by atoms with Gasteiger partial charge in [-0.2, -0.15) is 0 Å². The molecule has 4 atom stereocenters. The summed E-state index contributed by atoms with van der Waals surface area (Å²) in [6, 6.07) is -0.703. The van der Waals surface area contributed by atoms with Crippen LogP contribution < -0.4 is 0 Å². The van der Waals surface area contributed by atoms with Gasteiger partial charge in [0.25, 0.3) is 0 Å². The molecule has 6 heteroatoms. The molecule has 0 aromatic heterocycles. The number of ether oxygens (including phenoxy) is 1. The lowest BCUT2D eigenvalue weighted by Crippen LogP contribution is -2.52. The lowest BCUT2D eigenvalue weighted by Gasteiger charge is -2.31. The van der Waals surface area contributed by atoms with E-state index in [1.54, 1.807) is 0 Å². The fourth-order valence-electron chi connectivity index (χ4n) is 3.36. The third kappa shape index (κ3) is 1.64. The highest BCUT2D eigenvalue weighted by Crippen LogP contribution is 2.41. The van der Waals surface area contributed by atoms with Gasteiger partial charge in [0.2, 0.25) is 11.8 Å². The van der Waals surface area contributed by atoms with Gasteiger partial charge in [-0.05, 0) is 19.8 Å². The Balaban J connectivity index is 1.93. The number of aliphatic carboxylic acids is 1. The van der Waals surface area contributed by atoms with Gasteiger partial charge in [0.05, 0.1) is 31.1 Å². The zero-order valence-corrected chi connectivity index (χ0v) is 11.2. The molecule has 2 aliphatic heterocycles. The van der Waals surface area contributed by atoms with E-state index in [2.05, 4.69) is 0 Å². The van der Waals surface area contributed by atoms with Crippen molar-refractivity contribution in [2.75, 3.05) is 13.2 Å². The highest BCUT2D eigenvalue weighted by molar-refractivity contribution is 6.06. The maximum Gasteiger partial charge on any atom is 0.313 e. The molecular weight excluding hydrogens is 262 g/mol. The molecule has 2 fully saturated rings. The molecule has 1 N–H and O–H groups in total. The first-order valence-corrected chi connectivity index (χ1v) is 6.80. The van der Waals surface area contributed by atoms with Crippen molar-refractivity contribution < 1.29 is 24.2 Å². The second-order valence-electron chi connectivity index (χ2n) is 5.96. The highest BCUT2D eigenvalue weighted by Gasteiger charge is 2.58. The summed E-state index contributed by atoms with van der Waals surface area (Å²) in [5, 5.41) is 9.39. The lowest BCUT2D eigenvalue weighted by molar-refractivity contribution is -0.154. The van der Waals surface area contributed by atoms with Crippen molar-refractivity contribution in [1.82, 2.24) is 4.90 Å². The van der Waals surface area contributed by atoms with Crippen molar-refractivity contribution >= 4 is 17.8 Å². The number of carboxylic acid groups (broad SMARTS) is 1. The van der Waals surface area contributed by atoms with E-state index in [0.717, 1.165) is 0 Å². The molecule has 0 aromatic rings. The smallest absolute Gasteiger partial charge is 0.313 e. The minimum Gasteiger partial charge on any atom is -0.481 e. The Kier molecular flexibility index (Phi) is 2.93. The summed E-state index contributed by atoms with van der Waals surface area (Å²) in [5.41, 5.74) is -1.22. The molecule has 0 spiro atoms. The molecule has 6 nitrogen and oxygen atoms in total. The van der Waals surface area contributed by atoms with Crippen LogP contribution in [0.5, 0.6) is 0 Å². The van der Waals surface area contributed by atoms with Crippen LogP contribution in [0.2, 0.25) is 0 Å². The summed E-state index contributed by atoms with van der Waals surface area (Å²) < 4.78 is 5.25. The number of nitrogens with zero attached hydrogens (tertiary/aromatic N) is 1. The number of allylic oxidation sites excluding steroid dienone is 2. The highest BCUT2D eigenvalue weighted by atomic mass is 16.5. The van der Waals surface area contributed by atoms with Gasteiger partial charge in [-0.15, -0.1) is 0 Å². The predicted octanol–water partition coefficient (Wildman–Crippen LogP) is 0.427. The molecule has 2 amide bonds. The van der Waals surface area contributed by atoms with Gasteiger partial charge < -0.3 is 9.84 Å². The van der Waals surface area contributed by atoms with Crippen molar-refractivity contribution in [3.8, 4) is 0 Å². The number of likely N-dealkylation sites (tertiary alicyclic amines) is 1. The molecular formula is C14H17NO5. The summed E-state index contributed by atoms with van der Waals surface area (Å²) in [7, 11) is 0. The zero-order valence-electron chi connectivity index (χ0n) is 11.2. The second kappa shape index (κ2) is 4.41. The average molecular weight is 279 g/mol. The Labute approximate surface area is 116 Å². The number of carboxylic acids is 1. The van der Waals surface area contributed by atoms with Gasteiger partial charge >= 0.3 is 5.97 Å². The fourth-order valence-corrected chi connectivity index (χ4v) is 3.36. The topological polar surface area (TPSA) is 83.9 Å². The van der Waals surface area contributed by atoms with Gasteiger partial charge in [0.15, 0.2) is 0 Å². The fraction of sp³-hybridized carbons (Fsp3) is 0.643. The number of fused-ring (bicyclic) bond motifs is 1. The van der Waals surface area contributed by atoms with Crippen LogP contribution in [0.3, 0.4) is 0 Å². The number of hydrogen-bond acceptors (Lipinski definition) is 4. The average Bonchev–Trinajstić information content (AvgIpc) is 2.92. The normalized spacial score (nSPS) is 40.2. The summed E-state index contributed by atoms with van der Waals surface area (Å²) in [4.78, 5) is 37.6. The standard InChI is InChI=1S/C14H17NO5/c1-14(13(18)19)7-20-6-10(14)15-11(16)8-4-2-3-5-9(8)12(15)17/h2-3,8-10H,4-7H2,1H3,(H,18,19). The van der Waals surface area contributed by atoms with E-state index in [0.29, 0.717) is 12.8 Å². The maximum atomic E-state index is 12.5. The van der Waals surface area contributed by atoms with Crippen LogP contribution in [-0.2, 0) is 19.1 Å². The Morgan fingerprint density at radius 3 is 2.35 bits per heavy atom. The molecule has 108 valence electrons. The maximum absolute atomic E-state index is 12.5. The Bertz CT molecular complexity index is 488. The largest absolute Gasteiger partial charge is 0.481 e. The minimum atomic E-state index is -1.22. The number of carbonyl (C=O) groups is 3. The van der Waals surface area contributed by atoms with E-state index in [9.17, 15) is 19.5 Å². The summed E-state index contributed by atoms with van der Waals surface area (Å²) in [6.07, 6.45) is 4.95. The molecule has 2 heterocycles. The van der Waals surface area contributed by atoms with Crippen LogP contribution in [-0.4, -0.2) is 47.0 Å². The lowest BCUT2D eigenvalue weighted by atomic mass is 9.84. The van der Waals surface area contributed by atoms with Crippen molar-refractivity contribution in [3.63, 3.8) is 0 Å². The van der Waals surface area contributed by atoms with E-state index in [4.69, 9.17) is 4.74 Å². The quantitative estimate of drug-likeness (QED) is 0.585. The van der Waals surface area contributed by atoms with E-state index >= 15 is 0 Å². The van der Waals surface area contributed by atoms with Crippen LogP contribution >= 0.6 is 0 Å². The van der Waals surface area contributed by atoms with Gasteiger partial charge in [-0.25, -0.2) is 0 Å². The summed E-state index contributed by atoms with van der Waals surface area (Å²) in [6.45, 7) is 1.67. The monoisotopic (exact) mass is 279 g/mol. The first-order chi connectivity index (χ1) is 9.47. The number of rotatable bonds is 2. The van der Waals surface area contributed by atoms with E-state index in [1.807, 2.05) is 12.2 Å². The van der Waals surface area contributed by atoms with Crippen LogP contribution in [0, 0.1) is 17.3 Å². The molecule has 0 aromatic carbocycles. The van der Waals surface area contributed by atoms with Gasteiger partial charge in [-0.3, -0.25) is 19.3 Å². The number of imide groups is 1. The molecule has 20 heavy (non-hydrogen) atoms. The molecule has 3 rings (SSSR count). The van der Waals surface area contributed by atoms with Gasteiger partial charge in [0, 0.05) is 0 Å². The molecule has 0 bridgehead atoms. The van der Waals surface area contributed by atoms with E-state index < -0.39 is 17.4 Å². The molecule has 4 unspecified atom stereocenters. The predicted molar refractivity (Wildman–Crippen MR) is 67.6 cm³/mol. The summed E-state index contributed by atoms with van der Waals surface area (Å²) in [5.74, 6) is -2.18. The SMILES string of the molecule is CC1(C(=O)O)COCC1N1C(=O)C2CC=CCC2C1=O. The van der Waals surface area contributed by atoms with Crippen molar-refractivity contribution in [3.05, 3.63) is 12.2 Å². The van der Waals surface area contributed by atoms with E-state index in [-0.39, 0.29) is 36.9 Å². The first kappa shape index (κ1) is 13.3. The summed E-state index contributed by atoms with van der Waals surface area (Å²) >= 11 is 0. The molecule has 2 saturated heterocycles. The number of amides is 2.